The van der Waals surface area contributed by atoms with Gasteiger partial charge in [-0.1, -0.05) is 217 Å². The summed E-state index contributed by atoms with van der Waals surface area (Å²) in [7, 11) is 0. The maximum atomic E-state index is 11.7. The van der Waals surface area contributed by atoms with Crippen LogP contribution in [-0.2, 0) is 103 Å². The fourth-order valence-electron chi connectivity index (χ4n) is 10.4. The Morgan fingerprint density at radius 1 is 0.329 bits per heavy atom. The third-order valence-corrected chi connectivity index (χ3v) is 14.4. The minimum absolute atomic E-state index is 0. The average molecular weight is 1320 g/mol. The molecule has 2 nitrogen and oxygen atoms in total. The molecule has 0 heterocycles. The van der Waals surface area contributed by atoms with Crippen LogP contribution in [0.15, 0.2) is 219 Å². The molecule has 0 amide bonds. The molecule has 76 heavy (non-hydrogen) atoms. The number of fused-ring (bicyclic) bond motifs is 2. The molecule has 0 unspecified atom stereocenters. The molecule has 10 aromatic rings. The number of Topliss-reactive ketones (excluding diaryl/α,β-unsaturated/α-hetero) is 2. The molecule has 10 rings (SSSR count). The summed E-state index contributed by atoms with van der Waals surface area (Å²) in [4.78, 5) is 23.4. The summed E-state index contributed by atoms with van der Waals surface area (Å²) in [5.41, 5.74) is 22.5. The number of allylic oxidation sites excluding steroid dienone is 2. The number of carbonyl (C=O) groups is 2. The van der Waals surface area contributed by atoms with Gasteiger partial charge in [0.25, 0.3) is 0 Å². The zero-order valence-electron chi connectivity index (χ0n) is 43.3. The smallest absolute Gasteiger partial charge is 0.000742 e. The number of rotatable bonds is 19. The van der Waals surface area contributed by atoms with Crippen molar-refractivity contribution in [3.8, 4) is 11.1 Å². The van der Waals surface area contributed by atoms with Crippen LogP contribution in [0.5, 0.6) is 0 Å². The monoisotopic (exact) mass is 1320 g/mol. The number of hydrogen-bond acceptors (Lipinski definition) is 2. The number of benzene rings is 10. The van der Waals surface area contributed by atoms with Gasteiger partial charge in [0.15, 0.2) is 0 Å². The van der Waals surface area contributed by atoms with E-state index in [0.29, 0.717) is 12.8 Å². The van der Waals surface area contributed by atoms with E-state index in [4.69, 9.17) is 0 Å². The maximum absolute atomic E-state index is 11.7. The first-order valence-corrected chi connectivity index (χ1v) is 25.7. The van der Waals surface area contributed by atoms with E-state index >= 15 is 0 Å². The largest absolute Gasteiger partial charge is 0.434 e. The Kier molecular flexibility index (Phi) is 18.6. The van der Waals surface area contributed by atoms with Crippen LogP contribution >= 0.6 is 0 Å². The molecule has 0 fully saturated rings. The van der Waals surface area contributed by atoms with Gasteiger partial charge in [0.05, 0.1) is 0 Å². The van der Waals surface area contributed by atoms with Crippen LogP contribution in [0, 0.1) is 26.0 Å². The van der Waals surface area contributed by atoms with Crippen LogP contribution < -0.4 is 0 Å². The summed E-state index contributed by atoms with van der Waals surface area (Å²) in [5.74, 6) is -0.165. The molecular weight excluding hydrogens is 1260 g/mol. The minimum Gasteiger partial charge on any atom is -0.434 e. The quantitative estimate of drug-likeness (QED) is 0.0597. The Balaban J connectivity index is 0.00000383. The molecule has 0 bridgehead atoms. The molecule has 0 spiro atoms. The number of aryl methyl sites for hydroxylation is 2. The van der Waals surface area contributed by atoms with Gasteiger partial charge < -0.3 is 21.7 Å². The van der Waals surface area contributed by atoms with Gasteiger partial charge >= 0.3 is 0 Å². The van der Waals surface area contributed by atoms with Gasteiger partial charge in [0, 0.05) is 55.0 Å². The first kappa shape index (κ1) is 55.2. The third kappa shape index (κ3) is 14.0. The van der Waals surface area contributed by atoms with E-state index in [2.05, 4.69) is 221 Å². The Morgan fingerprint density at radius 3 is 1.01 bits per heavy atom. The van der Waals surface area contributed by atoms with Crippen LogP contribution in [0.3, 0.4) is 0 Å². The fourth-order valence-corrected chi connectivity index (χ4v) is 10.4. The molecule has 0 saturated carbocycles. The topological polar surface area (TPSA) is 34.1 Å². The Bertz CT molecular complexity index is 3640. The van der Waals surface area contributed by atoms with Crippen molar-refractivity contribution in [2.24, 2.45) is 0 Å². The third-order valence-electron chi connectivity index (χ3n) is 14.4. The standard InChI is InChI=1S/C72H60O2.2W/c1-5-67(73)46-61-29-23-57(24-30-61)41-53-13-9-51(10-14-53)39-55-17-19-59(20-18-55)43-63-45-66-38-50(4)7-35-69(66)71(48-63)72-65(34-33-64-37-49(3)8-36-70(64)72)44-60-27-21-56(22-28-60)40-52-11-15-54(16-12-52)42-58-25-31-62(32-26-58)47-68(74)6-2;;/h7-38,45,48H,1-2,39-44,46-47H2,3-4H3;;/q-2;;. The predicted molar refractivity (Wildman–Crippen MR) is 307 cm³/mol. The van der Waals surface area contributed by atoms with E-state index in [-0.39, 0.29) is 53.7 Å². The van der Waals surface area contributed by atoms with Gasteiger partial charge in [-0.2, -0.15) is 0 Å². The van der Waals surface area contributed by atoms with Crippen LogP contribution in [-0.4, -0.2) is 11.6 Å². The zero-order chi connectivity index (χ0) is 51.0. The van der Waals surface area contributed by atoms with Crippen molar-refractivity contribution in [3.05, 3.63) is 321 Å². The molecule has 0 aliphatic carbocycles. The summed E-state index contributed by atoms with van der Waals surface area (Å²) >= 11 is 0. The van der Waals surface area contributed by atoms with E-state index < -0.39 is 0 Å². The van der Waals surface area contributed by atoms with Crippen molar-refractivity contribution in [2.45, 2.75) is 65.2 Å². The Morgan fingerprint density at radius 2 is 0.645 bits per heavy atom. The molecule has 0 atom stereocenters. The summed E-state index contributed by atoms with van der Waals surface area (Å²) in [6.45, 7) is 11.3. The summed E-state index contributed by atoms with van der Waals surface area (Å²) in [5, 5.41) is 5.09. The molecular formula is C72H60O2W2-2. The van der Waals surface area contributed by atoms with E-state index in [0.717, 1.165) is 49.7 Å². The molecule has 0 saturated heterocycles. The molecule has 0 aliphatic heterocycles. The van der Waals surface area contributed by atoms with Gasteiger partial charge in [-0.15, -0.1) is 0 Å². The van der Waals surface area contributed by atoms with Crippen molar-refractivity contribution in [1.82, 2.24) is 0 Å². The average Bonchev–Trinajstić information content (AvgIpc) is 3.44. The van der Waals surface area contributed by atoms with Crippen LogP contribution in [0.25, 0.3) is 32.7 Å². The van der Waals surface area contributed by atoms with E-state index in [1.54, 1.807) is 0 Å². The maximum Gasteiger partial charge on any atom is 0.000742 e. The summed E-state index contributed by atoms with van der Waals surface area (Å²) < 4.78 is 0. The summed E-state index contributed by atoms with van der Waals surface area (Å²) in [6, 6.07) is 76.2. The molecule has 374 valence electrons. The molecule has 10 aromatic carbocycles. The van der Waals surface area contributed by atoms with Gasteiger partial charge in [0.2, 0.25) is 0 Å². The zero-order valence-corrected chi connectivity index (χ0v) is 49.2. The van der Waals surface area contributed by atoms with E-state index in [1.807, 2.05) is 24.3 Å². The van der Waals surface area contributed by atoms with E-state index in [9.17, 15) is 9.59 Å². The normalized spacial score (nSPS) is 10.9. The molecule has 0 radical (unpaired) electrons. The molecule has 4 heteroatoms. The molecule has 0 aromatic heterocycles. The fraction of sp³-hybridized carbons (Fsp3) is 0.139. The summed E-state index contributed by atoms with van der Waals surface area (Å²) in [6.07, 6.45) is 10.7. The number of ketones is 2. The van der Waals surface area contributed by atoms with Crippen molar-refractivity contribution in [1.29, 1.82) is 0 Å². The van der Waals surface area contributed by atoms with Crippen LogP contribution in [0.2, 0.25) is 0 Å². The molecule has 0 N–H and O–H groups in total. The first-order chi connectivity index (χ1) is 36.1. The second-order valence-electron chi connectivity index (χ2n) is 20.2. The Labute approximate surface area is 478 Å². The van der Waals surface area contributed by atoms with Crippen molar-refractivity contribution >= 4 is 33.1 Å². The molecule has 0 aliphatic rings. The number of hydrogen-bond donors (Lipinski definition) is 0. The minimum atomic E-state index is -0.0827. The second-order valence-corrected chi connectivity index (χ2v) is 20.2. The van der Waals surface area contributed by atoms with Gasteiger partial charge in [-0.05, 0) is 174 Å². The van der Waals surface area contributed by atoms with E-state index in [1.165, 1.54) is 111 Å². The SMILES string of the molecule is C=[C-]C(=O)Cc1ccc(Cc2ccc(Cc3ccc(Cc4cc(-c5c(Cc6ccc(Cc7ccc(Cc8ccc(CC(=O)[C-]=C)cc8)cc7)cc6)ccc6cc(C)ccc56)c5ccc(C)cc5c4)cc3)cc2)cc1.[W].[W]. The van der Waals surface area contributed by atoms with Gasteiger partial charge in [0.1, 0.15) is 0 Å². The van der Waals surface area contributed by atoms with Crippen molar-refractivity contribution in [3.63, 3.8) is 0 Å². The predicted octanol–water partition coefficient (Wildman–Crippen LogP) is 16.0. The second kappa shape index (κ2) is 25.6. The van der Waals surface area contributed by atoms with Crippen LogP contribution in [0.4, 0.5) is 0 Å². The van der Waals surface area contributed by atoms with Crippen molar-refractivity contribution < 1.29 is 51.7 Å². The van der Waals surface area contributed by atoms with Crippen LogP contribution in [0.1, 0.15) is 89.0 Å². The number of carbonyl (C=O) groups excluding carboxylic acids is 2. The first-order valence-electron chi connectivity index (χ1n) is 25.7. The van der Waals surface area contributed by atoms with Crippen molar-refractivity contribution in [2.75, 3.05) is 0 Å². The van der Waals surface area contributed by atoms with Gasteiger partial charge in [-0.3, -0.25) is 13.2 Å². The Hall–Kier alpha value is -7.08. The van der Waals surface area contributed by atoms with Gasteiger partial charge in [-0.25, -0.2) is 0 Å².